The topological polar surface area (TPSA) is 62.3 Å². The lowest BCUT2D eigenvalue weighted by Gasteiger charge is -2.25. The van der Waals surface area contributed by atoms with E-state index in [-0.39, 0.29) is 11.1 Å². The van der Waals surface area contributed by atoms with Crippen molar-refractivity contribution in [3.63, 3.8) is 0 Å². The van der Waals surface area contributed by atoms with E-state index in [0.717, 1.165) is 6.42 Å². The highest BCUT2D eigenvalue weighted by Gasteiger charge is 2.29. The molecule has 19 heavy (non-hydrogen) atoms. The first-order chi connectivity index (χ1) is 8.95. The fourth-order valence-corrected chi connectivity index (χ4v) is 3.72. The molecule has 0 bridgehead atoms. The number of nitrogens with one attached hydrogen (secondary N) is 1. The lowest BCUT2D eigenvalue weighted by molar-refractivity contribution is 0.353. The fourth-order valence-electron chi connectivity index (χ4n) is 1.91. The molecule has 0 aliphatic carbocycles. The largest absolute Gasteiger partial charge is 0.383 e. The molecule has 0 aromatic carbocycles. The Morgan fingerprint density at radius 3 is 2.58 bits per heavy atom. The van der Waals surface area contributed by atoms with Crippen LogP contribution < -0.4 is 5.32 Å². The van der Waals surface area contributed by atoms with Gasteiger partial charge in [0.05, 0.1) is 5.69 Å². The second-order valence-electron chi connectivity index (χ2n) is 4.60. The maximum absolute atomic E-state index is 12.7. The Kier molecular flexibility index (Phi) is 5.75. The van der Waals surface area contributed by atoms with Crippen molar-refractivity contribution >= 4 is 15.7 Å². The molecule has 1 rings (SSSR count). The van der Waals surface area contributed by atoms with Crippen molar-refractivity contribution in [3.8, 4) is 0 Å². The lowest BCUT2D eigenvalue weighted by atomic mass is 10.4. The molecular formula is C13H23N3O2S. The monoisotopic (exact) mass is 285 g/mol. The molecule has 108 valence electrons. The van der Waals surface area contributed by atoms with Crippen LogP contribution in [0.5, 0.6) is 0 Å². The predicted molar refractivity (Wildman–Crippen MR) is 77.7 cm³/mol. The van der Waals surface area contributed by atoms with E-state index >= 15 is 0 Å². The zero-order valence-corrected chi connectivity index (χ0v) is 12.9. The van der Waals surface area contributed by atoms with Gasteiger partial charge in [-0.05, 0) is 39.3 Å². The summed E-state index contributed by atoms with van der Waals surface area (Å²) in [6, 6.07) is 3.39. The molecule has 0 unspecified atom stereocenters. The van der Waals surface area contributed by atoms with E-state index in [1.807, 2.05) is 27.7 Å². The summed E-state index contributed by atoms with van der Waals surface area (Å²) in [5.41, 5.74) is 0.562. The third-order valence-electron chi connectivity index (χ3n) is 2.71. The highest BCUT2D eigenvalue weighted by atomic mass is 32.2. The maximum Gasteiger partial charge on any atom is 0.262 e. The van der Waals surface area contributed by atoms with Crippen LogP contribution in [-0.4, -0.2) is 36.8 Å². The Morgan fingerprint density at radius 2 is 2.05 bits per heavy atom. The Hall–Kier alpha value is -1.14. The smallest absolute Gasteiger partial charge is 0.262 e. The van der Waals surface area contributed by atoms with Gasteiger partial charge in [-0.15, -0.1) is 0 Å². The number of sulfonamides is 1. The van der Waals surface area contributed by atoms with E-state index in [9.17, 15) is 8.42 Å². The van der Waals surface area contributed by atoms with Crippen LogP contribution in [0.3, 0.4) is 0 Å². The molecule has 1 aromatic heterocycles. The van der Waals surface area contributed by atoms with E-state index < -0.39 is 10.0 Å². The van der Waals surface area contributed by atoms with Gasteiger partial charge in [-0.1, -0.05) is 6.92 Å². The normalized spacial score (nSPS) is 12.1. The van der Waals surface area contributed by atoms with E-state index in [1.54, 1.807) is 12.1 Å². The van der Waals surface area contributed by atoms with Crippen molar-refractivity contribution in [2.75, 3.05) is 18.4 Å². The quantitative estimate of drug-likeness (QED) is 0.835. The summed E-state index contributed by atoms with van der Waals surface area (Å²) in [7, 11) is -3.56. The van der Waals surface area contributed by atoms with Crippen LogP contribution in [0.1, 0.15) is 34.1 Å². The molecule has 0 amide bonds. The van der Waals surface area contributed by atoms with E-state index in [2.05, 4.69) is 10.3 Å². The van der Waals surface area contributed by atoms with Crippen LogP contribution in [-0.2, 0) is 10.0 Å². The minimum absolute atomic E-state index is 0.0820. The number of hydrogen-bond acceptors (Lipinski definition) is 4. The van der Waals surface area contributed by atoms with Crippen LogP contribution in [0.2, 0.25) is 0 Å². The third kappa shape index (κ3) is 3.67. The van der Waals surface area contributed by atoms with Gasteiger partial charge in [0.15, 0.2) is 5.03 Å². The number of pyridine rings is 1. The van der Waals surface area contributed by atoms with Gasteiger partial charge < -0.3 is 5.32 Å². The molecule has 6 heteroatoms. The average Bonchev–Trinajstić information content (AvgIpc) is 2.36. The second-order valence-corrected chi connectivity index (χ2v) is 6.40. The van der Waals surface area contributed by atoms with Crippen LogP contribution in [0.4, 0.5) is 5.69 Å². The highest BCUT2D eigenvalue weighted by Crippen LogP contribution is 2.23. The third-order valence-corrected chi connectivity index (χ3v) is 4.75. The van der Waals surface area contributed by atoms with Crippen molar-refractivity contribution in [2.45, 2.75) is 45.2 Å². The lowest BCUT2D eigenvalue weighted by Crippen LogP contribution is -2.38. The zero-order chi connectivity index (χ0) is 14.5. The fraction of sp³-hybridized carbons (Fsp3) is 0.615. The first kappa shape index (κ1) is 15.9. The van der Waals surface area contributed by atoms with E-state index in [0.29, 0.717) is 18.8 Å². The molecule has 0 aliphatic heterocycles. The standard InChI is InChI=1S/C13H23N3O2S/c1-5-10-16(11(3)4)19(17,18)13-12(14-6-2)8-7-9-15-13/h7-9,11,14H,5-6,10H2,1-4H3. The average molecular weight is 285 g/mol. The SMILES string of the molecule is CCCN(C(C)C)S(=O)(=O)c1ncccc1NCC. The summed E-state index contributed by atoms with van der Waals surface area (Å²) in [5.74, 6) is 0. The van der Waals surface area contributed by atoms with Crippen LogP contribution in [0, 0.1) is 0 Å². The van der Waals surface area contributed by atoms with Crippen molar-refractivity contribution < 1.29 is 8.42 Å². The minimum atomic E-state index is -3.56. The Morgan fingerprint density at radius 1 is 1.37 bits per heavy atom. The molecule has 0 radical (unpaired) electrons. The van der Waals surface area contributed by atoms with Gasteiger partial charge in [0.25, 0.3) is 10.0 Å². The second kappa shape index (κ2) is 6.86. The maximum atomic E-state index is 12.7. The molecule has 0 atom stereocenters. The molecule has 1 heterocycles. The first-order valence-electron chi connectivity index (χ1n) is 6.65. The zero-order valence-electron chi connectivity index (χ0n) is 12.0. The van der Waals surface area contributed by atoms with Gasteiger partial charge in [0.1, 0.15) is 0 Å². The summed E-state index contributed by atoms with van der Waals surface area (Å²) in [6.45, 7) is 8.81. The van der Waals surface area contributed by atoms with Gasteiger partial charge in [-0.2, -0.15) is 4.31 Å². The molecule has 0 spiro atoms. The van der Waals surface area contributed by atoms with Crippen LogP contribution in [0.25, 0.3) is 0 Å². The molecule has 5 nitrogen and oxygen atoms in total. The van der Waals surface area contributed by atoms with Crippen molar-refractivity contribution in [1.82, 2.24) is 9.29 Å². The van der Waals surface area contributed by atoms with Crippen LogP contribution >= 0.6 is 0 Å². The Bertz CT molecular complexity index is 500. The molecule has 0 fully saturated rings. The molecule has 1 aromatic rings. The first-order valence-corrected chi connectivity index (χ1v) is 8.09. The van der Waals surface area contributed by atoms with Gasteiger partial charge in [-0.3, -0.25) is 0 Å². The van der Waals surface area contributed by atoms with E-state index in [4.69, 9.17) is 0 Å². The predicted octanol–water partition coefficient (Wildman–Crippen LogP) is 2.32. The molecular weight excluding hydrogens is 262 g/mol. The van der Waals surface area contributed by atoms with Crippen molar-refractivity contribution in [2.24, 2.45) is 0 Å². The number of hydrogen-bond donors (Lipinski definition) is 1. The summed E-state index contributed by atoms with van der Waals surface area (Å²) in [4.78, 5) is 4.06. The summed E-state index contributed by atoms with van der Waals surface area (Å²) in [5, 5.41) is 3.16. The molecule has 0 saturated heterocycles. The Balaban J connectivity index is 3.25. The number of rotatable bonds is 7. The van der Waals surface area contributed by atoms with Gasteiger partial charge in [-0.25, -0.2) is 13.4 Å². The van der Waals surface area contributed by atoms with Gasteiger partial charge >= 0.3 is 0 Å². The summed E-state index contributed by atoms with van der Waals surface area (Å²) >= 11 is 0. The van der Waals surface area contributed by atoms with E-state index in [1.165, 1.54) is 10.5 Å². The number of anilines is 1. The van der Waals surface area contributed by atoms with Gasteiger partial charge in [0.2, 0.25) is 0 Å². The summed E-state index contributed by atoms with van der Waals surface area (Å²) < 4.78 is 26.9. The van der Waals surface area contributed by atoms with Crippen LogP contribution in [0.15, 0.2) is 23.4 Å². The molecule has 0 aliphatic rings. The Labute approximate surface area is 116 Å². The minimum Gasteiger partial charge on any atom is -0.383 e. The highest BCUT2D eigenvalue weighted by molar-refractivity contribution is 7.89. The number of nitrogens with zero attached hydrogens (tertiary/aromatic N) is 2. The van der Waals surface area contributed by atoms with Gasteiger partial charge in [0, 0.05) is 25.3 Å². The van der Waals surface area contributed by atoms with Crippen molar-refractivity contribution in [3.05, 3.63) is 18.3 Å². The molecule has 0 saturated carbocycles. The number of aromatic nitrogens is 1. The molecule has 1 N–H and O–H groups in total. The van der Waals surface area contributed by atoms with Crippen molar-refractivity contribution in [1.29, 1.82) is 0 Å². The summed E-state index contributed by atoms with van der Waals surface area (Å²) in [6.07, 6.45) is 2.29.